The molecule has 3 rings (SSSR count). The summed E-state index contributed by atoms with van der Waals surface area (Å²) >= 11 is 2.21. The lowest BCUT2D eigenvalue weighted by atomic mass is 10.1. The first-order valence-corrected chi connectivity index (χ1v) is 7.71. The molecule has 1 aliphatic rings. The SMILES string of the molecule is COc1cc(/C=C/C(=O)c2ccc(I)cc2)cc2c1OCO2. The van der Waals surface area contributed by atoms with Gasteiger partial charge in [-0.25, -0.2) is 0 Å². The van der Waals surface area contributed by atoms with Gasteiger partial charge in [0.25, 0.3) is 0 Å². The first kappa shape index (κ1) is 14.9. The molecule has 0 aromatic heterocycles. The normalized spacial score (nSPS) is 12.6. The maximum atomic E-state index is 12.1. The third-order valence-electron chi connectivity index (χ3n) is 3.24. The van der Waals surface area contributed by atoms with Crippen molar-refractivity contribution in [2.24, 2.45) is 0 Å². The lowest BCUT2D eigenvalue weighted by Gasteiger charge is -2.05. The van der Waals surface area contributed by atoms with Crippen molar-refractivity contribution in [3.05, 3.63) is 57.2 Å². The molecule has 0 N–H and O–H groups in total. The zero-order valence-electron chi connectivity index (χ0n) is 11.8. The first-order chi connectivity index (χ1) is 10.7. The molecule has 5 heteroatoms. The number of methoxy groups -OCH3 is 1. The largest absolute Gasteiger partial charge is 0.493 e. The number of halogens is 1. The highest BCUT2D eigenvalue weighted by Crippen LogP contribution is 2.42. The van der Waals surface area contributed by atoms with Crippen molar-refractivity contribution in [1.29, 1.82) is 0 Å². The molecule has 22 heavy (non-hydrogen) atoms. The number of hydrogen-bond acceptors (Lipinski definition) is 4. The quantitative estimate of drug-likeness (QED) is 0.437. The average Bonchev–Trinajstić information content (AvgIpc) is 3.01. The third kappa shape index (κ3) is 3.09. The fourth-order valence-electron chi connectivity index (χ4n) is 2.13. The maximum absolute atomic E-state index is 12.1. The minimum absolute atomic E-state index is 0.0481. The Hall–Kier alpha value is -2.02. The van der Waals surface area contributed by atoms with Crippen molar-refractivity contribution in [3.63, 3.8) is 0 Å². The van der Waals surface area contributed by atoms with E-state index in [1.807, 2.05) is 36.4 Å². The molecule has 1 heterocycles. The molecule has 0 saturated heterocycles. The van der Waals surface area contributed by atoms with Crippen LogP contribution in [0.1, 0.15) is 15.9 Å². The first-order valence-electron chi connectivity index (χ1n) is 6.63. The summed E-state index contributed by atoms with van der Waals surface area (Å²) in [6, 6.07) is 11.1. The number of benzene rings is 2. The lowest BCUT2D eigenvalue weighted by Crippen LogP contribution is -1.94. The van der Waals surface area contributed by atoms with E-state index in [2.05, 4.69) is 22.6 Å². The van der Waals surface area contributed by atoms with Gasteiger partial charge in [0.15, 0.2) is 17.3 Å². The van der Waals surface area contributed by atoms with Gasteiger partial charge in [-0.1, -0.05) is 18.2 Å². The smallest absolute Gasteiger partial charge is 0.231 e. The minimum atomic E-state index is -0.0481. The van der Waals surface area contributed by atoms with Crippen molar-refractivity contribution in [1.82, 2.24) is 0 Å². The molecule has 4 nitrogen and oxygen atoms in total. The zero-order chi connectivity index (χ0) is 15.5. The molecule has 0 spiro atoms. The van der Waals surface area contributed by atoms with Gasteiger partial charge in [0.1, 0.15) is 0 Å². The molecule has 0 radical (unpaired) electrons. The molecule has 0 saturated carbocycles. The molecule has 2 aromatic carbocycles. The van der Waals surface area contributed by atoms with E-state index >= 15 is 0 Å². The molecule has 0 aliphatic carbocycles. The van der Waals surface area contributed by atoms with Crippen LogP contribution in [0, 0.1) is 3.57 Å². The summed E-state index contributed by atoms with van der Waals surface area (Å²) in [5.74, 6) is 1.77. The van der Waals surface area contributed by atoms with E-state index in [9.17, 15) is 4.79 Å². The topological polar surface area (TPSA) is 44.8 Å². The Kier molecular flexibility index (Phi) is 4.33. The van der Waals surface area contributed by atoms with Gasteiger partial charge in [0.2, 0.25) is 12.5 Å². The van der Waals surface area contributed by atoms with Gasteiger partial charge >= 0.3 is 0 Å². The van der Waals surface area contributed by atoms with Crippen LogP contribution >= 0.6 is 22.6 Å². The molecular weight excluding hydrogens is 395 g/mol. The Morgan fingerprint density at radius 1 is 1.23 bits per heavy atom. The van der Waals surface area contributed by atoms with Gasteiger partial charge in [-0.3, -0.25) is 4.79 Å². The monoisotopic (exact) mass is 408 g/mol. The molecule has 0 amide bonds. The van der Waals surface area contributed by atoms with Crippen LogP contribution in [0.25, 0.3) is 6.08 Å². The summed E-state index contributed by atoms with van der Waals surface area (Å²) in [4.78, 5) is 12.1. The standard InChI is InChI=1S/C17H13IO4/c1-20-15-8-11(9-16-17(15)22-10-21-16)2-7-14(19)12-3-5-13(18)6-4-12/h2-9H,10H2,1H3/b7-2+. The number of ketones is 1. The van der Waals surface area contributed by atoms with E-state index in [0.29, 0.717) is 22.8 Å². The lowest BCUT2D eigenvalue weighted by molar-refractivity contribution is 0.104. The Morgan fingerprint density at radius 2 is 2.00 bits per heavy atom. The second-order valence-electron chi connectivity index (χ2n) is 4.66. The van der Waals surface area contributed by atoms with E-state index < -0.39 is 0 Å². The van der Waals surface area contributed by atoms with E-state index in [1.54, 1.807) is 19.3 Å². The van der Waals surface area contributed by atoms with Gasteiger partial charge in [0.05, 0.1) is 7.11 Å². The summed E-state index contributed by atoms with van der Waals surface area (Å²) in [6.45, 7) is 0.181. The van der Waals surface area contributed by atoms with Crippen LogP contribution in [0.4, 0.5) is 0 Å². The molecular formula is C17H13IO4. The predicted molar refractivity (Wildman–Crippen MR) is 91.6 cm³/mol. The van der Waals surface area contributed by atoms with Crippen LogP contribution in [0.15, 0.2) is 42.5 Å². The van der Waals surface area contributed by atoms with Gasteiger partial charge in [-0.15, -0.1) is 0 Å². The van der Waals surface area contributed by atoms with Crippen LogP contribution in [0.3, 0.4) is 0 Å². The highest BCUT2D eigenvalue weighted by atomic mass is 127. The van der Waals surface area contributed by atoms with Gasteiger partial charge in [0, 0.05) is 9.13 Å². The molecule has 2 aromatic rings. The molecule has 112 valence electrons. The van der Waals surface area contributed by atoms with E-state index in [1.165, 1.54) is 0 Å². The number of allylic oxidation sites excluding steroid dienone is 1. The Morgan fingerprint density at radius 3 is 2.73 bits per heavy atom. The second kappa shape index (κ2) is 6.39. The Bertz CT molecular complexity index is 735. The highest BCUT2D eigenvalue weighted by molar-refractivity contribution is 14.1. The molecule has 0 atom stereocenters. The van der Waals surface area contributed by atoms with E-state index in [0.717, 1.165) is 9.13 Å². The van der Waals surface area contributed by atoms with Gasteiger partial charge < -0.3 is 14.2 Å². The molecule has 0 unspecified atom stereocenters. The summed E-state index contributed by atoms with van der Waals surface area (Å²) in [7, 11) is 1.57. The number of hydrogen-bond donors (Lipinski definition) is 0. The minimum Gasteiger partial charge on any atom is -0.493 e. The number of rotatable bonds is 4. The number of ether oxygens (including phenoxy) is 3. The molecule has 0 fully saturated rings. The summed E-state index contributed by atoms with van der Waals surface area (Å²) in [5, 5.41) is 0. The van der Waals surface area contributed by atoms with Crippen molar-refractivity contribution < 1.29 is 19.0 Å². The molecule has 1 aliphatic heterocycles. The average molecular weight is 408 g/mol. The number of carbonyl (C=O) groups excluding carboxylic acids is 1. The van der Waals surface area contributed by atoms with E-state index in [4.69, 9.17) is 14.2 Å². The van der Waals surface area contributed by atoms with Crippen LogP contribution < -0.4 is 14.2 Å². The zero-order valence-corrected chi connectivity index (χ0v) is 14.0. The van der Waals surface area contributed by atoms with Crippen LogP contribution in [0.2, 0.25) is 0 Å². The third-order valence-corrected chi connectivity index (χ3v) is 3.96. The Labute approximate surface area is 141 Å². The summed E-state index contributed by atoms with van der Waals surface area (Å²) in [5.41, 5.74) is 1.48. The second-order valence-corrected chi connectivity index (χ2v) is 5.91. The summed E-state index contributed by atoms with van der Waals surface area (Å²) < 4.78 is 17.1. The highest BCUT2D eigenvalue weighted by Gasteiger charge is 2.19. The van der Waals surface area contributed by atoms with Crippen molar-refractivity contribution >= 4 is 34.5 Å². The van der Waals surface area contributed by atoms with Crippen LogP contribution in [-0.4, -0.2) is 19.7 Å². The van der Waals surface area contributed by atoms with E-state index in [-0.39, 0.29) is 12.6 Å². The number of carbonyl (C=O) groups is 1. The fraction of sp³-hybridized carbons (Fsp3) is 0.118. The number of fused-ring (bicyclic) bond motifs is 1. The fourth-order valence-corrected chi connectivity index (χ4v) is 2.49. The Balaban J connectivity index is 1.83. The predicted octanol–water partition coefficient (Wildman–Crippen LogP) is 3.92. The molecule has 0 bridgehead atoms. The van der Waals surface area contributed by atoms with Crippen LogP contribution in [0.5, 0.6) is 17.2 Å². The van der Waals surface area contributed by atoms with Gasteiger partial charge in [-0.05, 0) is 58.5 Å². The van der Waals surface area contributed by atoms with Crippen molar-refractivity contribution in [2.45, 2.75) is 0 Å². The van der Waals surface area contributed by atoms with Crippen molar-refractivity contribution in [2.75, 3.05) is 13.9 Å². The van der Waals surface area contributed by atoms with Crippen LogP contribution in [-0.2, 0) is 0 Å². The summed E-state index contributed by atoms with van der Waals surface area (Å²) in [6.07, 6.45) is 3.28. The van der Waals surface area contributed by atoms with Gasteiger partial charge in [-0.2, -0.15) is 0 Å². The maximum Gasteiger partial charge on any atom is 0.231 e. The van der Waals surface area contributed by atoms with Crippen molar-refractivity contribution in [3.8, 4) is 17.2 Å².